The van der Waals surface area contributed by atoms with Gasteiger partial charge in [-0.15, -0.1) is 11.8 Å². The summed E-state index contributed by atoms with van der Waals surface area (Å²) in [5.74, 6) is -6.07. The standard InChI is InChI=1S/C17H14F3NO3S/c1-10-4-2-3-5-13(10)25-9-15(23)24-8-14(22)21-12-7-6-11(18)16(19)17(12)20/h2-7H,8-9H2,1H3,(H,21,22). The van der Waals surface area contributed by atoms with E-state index < -0.39 is 41.6 Å². The Morgan fingerprint density at radius 3 is 2.52 bits per heavy atom. The Bertz CT molecular complexity index is 799. The van der Waals surface area contributed by atoms with Crippen LogP contribution in [0.4, 0.5) is 18.9 Å². The number of carbonyl (C=O) groups excluding carboxylic acids is 2. The Morgan fingerprint density at radius 2 is 1.80 bits per heavy atom. The summed E-state index contributed by atoms with van der Waals surface area (Å²) >= 11 is 1.26. The number of nitrogens with one attached hydrogen (secondary N) is 1. The largest absolute Gasteiger partial charge is 0.455 e. The Hall–Kier alpha value is -2.48. The molecule has 0 heterocycles. The fourth-order valence-corrected chi connectivity index (χ4v) is 2.68. The molecule has 0 unspecified atom stereocenters. The molecule has 132 valence electrons. The molecule has 0 atom stereocenters. The number of carbonyl (C=O) groups is 2. The smallest absolute Gasteiger partial charge is 0.316 e. The second-order valence-electron chi connectivity index (χ2n) is 4.99. The van der Waals surface area contributed by atoms with Crippen molar-refractivity contribution in [3.63, 3.8) is 0 Å². The summed E-state index contributed by atoms with van der Waals surface area (Å²) in [6, 6.07) is 9.02. The van der Waals surface area contributed by atoms with Crippen molar-refractivity contribution in [1.29, 1.82) is 0 Å². The van der Waals surface area contributed by atoms with Crippen LogP contribution in [-0.2, 0) is 14.3 Å². The molecule has 0 fully saturated rings. The number of halogens is 3. The Balaban J connectivity index is 1.81. The van der Waals surface area contributed by atoms with Crippen molar-refractivity contribution in [3.8, 4) is 0 Å². The van der Waals surface area contributed by atoms with Gasteiger partial charge in [0.05, 0.1) is 11.4 Å². The zero-order chi connectivity index (χ0) is 18.4. The zero-order valence-electron chi connectivity index (χ0n) is 13.1. The van der Waals surface area contributed by atoms with E-state index in [9.17, 15) is 22.8 Å². The van der Waals surface area contributed by atoms with Crippen molar-refractivity contribution in [2.45, 2.75) is 11.8 Å². The van der Waals surface area contributed by atoms with Crippen LogP contribution in [0.5, 0.6) is 0 Å². The van der Waals surface area contributed by atoms with Crippen molar-refractivity contribution in [1.82, 2.24) is 0 Å². The second-order valence-corrected chi connectivity index (χ2v) is 6.00. The van der Waals surface area contributed by atoms with Gasteiger partial charge in [-0.05, 0) is 30.7 Å². The van der Waals surface area contributed by atoms with Crippen molar-refractivity contribution in [2.24, 2.45) is 0 Å². The molecule has 0 aliphatic carbocycles. The molecule has 0 saturated heterocycles. The van der Waals surface area contributed by atoms with Gasteiger partial charge in [0, 0.05) is 4.90 Å². The van der Waals surface area contributed by atoms with E-state index >= 15 is 0 Å². The van der Waals surface area contributed by atoms with Gasteiger partial charge in [-0.2, -0.15) is 0 Å². The summed E-state index contributed by atoms with van der Waals surface area (Å²) in [5, 5.41) is 2.01. The van der Waals surface area contributed by atoms with Gasteiger partial charge >= 0.3 is 5.97 Å². The SMILES string of the molecule is Cc1ccccc1SCC(=O)OCC(=O)Nc1ccc(F)c(F)c1F. The Kier molecular flexibility index (Phi) is 6.46. The van der Waals surface area contributed by atoms with Crippen LogP contribution in [-0.4, -0.2) is 24.2 Å². The number of anilines is 1. The summed E-state index contributed by atoms with van der Waals surface area (Å²) in [6.07, 6.45) is 0. The van der Waals surface area contributed by atoms with Crippen molar-refractivity contribution in [3.05, 3.63) is 59.4 Å². The van der Waals surface area contributed by atoms with E-state index in [1.54, 1.807) is 0 Å². The van der Waals surface area contributed by atoms with E-state index in [2.05, 4.69) is 0 Å². The molecule has 25 heavy (non-hydrogen) atoms. The van der Waals surface area contributed by atoms with Gasteiger partial charge in [0.1, 0.15) is 0 Å². The van der Waals surface area contributed by atoms with Crippen LogP contribution in [0.15, 0.2) is 41.3 Å². The minimum Gasteiger partial charge on any atom is -0.455 e. The molecule has 0 aromatic heterocycles. The fourth-order valence-electron chi connectivity index (χ4n) is 1.85. The lowest BCUT2D eigenvalue weighted by Gasteiger charge is -2.08. The summed E-state index contributed by atoms with van der Waals surface area (Å²) in [7, 11) is 0. The molecule has 0 spiro atoms. The summed E-state index contributed by atoms with van der Waals surface area (Å²) < 4.78 is 44.1. The summed E-state index contributed by atoms with van der Waals surface area (Å²) in [6.45, 7) is 1.24. The maximum Gasteiger partial charge on any atom is 0.316 e. The minimum atomic E-state index is -1.69. The minimum absolute atomic E-state index is 0.00231. The molecule has 8 heteroatoms. The maximum atomic E-state index is 13.4. The highest BCUT2D eigenvalue weighted by atomic mass is 32.2. The molecule has 1 amide bonds. The Labute approximate surface area is 146 Å². The number of hydrogen-bond donors (Lipinski definition) is 1. The van der Waals surface area contributed by atoms with Gasteiger partial charge in [-0.3, -0.25) is 9.59 Å². The number of aryl methyl sites for hydroxylation is 1. The van der Waals surface area contributed by atoms with Crippen LogP contribution >= 0.6 is 11.8 Å². The third kappa shape index (κ3) is 5.25. The molecule has 0 aliphatic rings. The van der Waals surface area contributed by atoms with Crippen LogP contribution in [0.3, 0.4) is 0 Å². The normalized spacial score (nSPS) is 10.4. The van der Waals surface area contributed by atoms with Gasteiger partial charge in [0.15, 0.2) is 24.1 Å². The predicted octanol–water partition coefficient (Wildman–Crippen LogP) is 3.69. The highest BCUT2D eigenvalue weighted by Crippen LogP contribution is 2.22. The maximum absolute atomic E-state index is 13.4. The number of amides is 1. The quantitative estimate of drug-likeness (QED) is 0.479. The number of ether oxygens (including phenoxy) is 1. The van der Waals surface area contributed by atoms with Gasteiger partial charge in [-0.1, -0.05) is 18.2 Å². The first-order valence-corrected chi connectivity index (χ1v) is 8.14. The van der Waals surface area contributed by atoms with Crippen LogP contribution in [0, 0.1) is 24.4 Å². The molecule has 2 rings (SSSR count). The average Bonchev–Trinajstić information content (AvgIpc) is 2.60. The average molecular weight is 369 g/mol. The van der Waals surface area contributed by atoms with Crippen LogP contribution < -0.4 is 5.32 Å². The second kappa shape index (κ2) is 8.57. The predicted molar refractivity (Wildman–Crippen MR) is 87.8 cm³/mol. The first-order chi connectivity index (χ1) is 11.9. The summed E-state index contributed by atoms with van der Waals surface area (Å²) in [4.78, 5) is 24.2. The van der Waals surface area contributed by atoms with E-state index in [-0.39, 0.29) is 5.75 Å². The molecule has 0 aliphatic heterocycles. The zero-order valence-corrected chi connectivity index (χ0v) is 14.0. The van der Waals surface area contributed by atoms with E-state index in [4.69, 9.17) is 4.74 Å². The lowest BCUT2D eigenvalue weighted by atomic mass is 10.2. The molecular formula is C17H14F3NO3S. The topological polar surface area (TPSA) is 55.4 Å². The first-order valence-electron chi connectivity index (χ1n) is 7.16. The van der Waals surface area contributed by atoms with E-state index in [1.165, 1.54) is 11.8 Å². The molecule has 1 N–H and O–H groups in total. The molecule has 0 radical (unpaired) electrons. The molecule has 0 saturated carbocycles. The van der Waals surface area contributed by atoms with Crippen LogP contribution in [0.25, 0.3) is 0 Å². The number of rotatable bonds is 6. The lowest BCUT2D eigenvalue weighted by molar-refractivity contribution is -0.144. The molecule has 2 aromatic rings. The molecule has 4 nitrogen and oxygen atoms in total. The monoisotopic (exact) mass is 369 g/mol. The lowest BCUT2D eigenvalue weighted by Crippen LogP contribution is -2.22. The van der Waals surface area contributed by atoms with Gasteiger partial charge in [0.2, 0.25) is 0 Å². The number of esters is 1. The molecular weight excluding hydrogens is 355 g/mol. The van der Waals surface area contributed by atoms with Gasteiger partial charge in [-0.25, -0.2) is 13.2 Å². The first kappa shape index (κ1) is 18.9. The van der Waals surface area contributed by atoms with E-state index in [1.807, 2.05) is 36.5 Å². The van der Waals surface area contributed by atoms with Gasteiger partial charge in [0.25, 0.3) is 5.91 Å². The van der Waals surface area contributed by atoms with Gasteiger partial charge < -0.3 is 10.1 Å². The van der Waals surface area contributed by atoms with Crippen LogP contribution in [0.2, 0.25) is 0 Å². The van der Waals surface area contributed by atoms with E-state index in [0.29, 0.717) is 6.07 Å². The molecule has 2 aromatic carbocycles. The molecule has 0 bridgehead atoms. The number of thioether (sulfide) groups is 1. The highest BCUT2D eigenvalue weighted by molar-refractivity contribution is 8.00. The highest BCUT2D eigenvalue weighted by Gasteiger charge is 2.16. The van der Waals surface area contributed by atoms with Crippen molar-refractivity contribution < 1.29 is 27.5 Å². The van der Waals surface area contributed by atoms with Crippen molar-refractivity contribution in [2.75, 3.05) is 17.7 Å². The summed E-state index contributed by atoms with van der Waals surface area (Å²) in [5.41, 5.74) is 0.473. The number of benzene rings is 2. The Morgan fingerprint density at radius 1 is 1.08 bits per heavy atom. The third-order valence-electron chi connectivity index (χ3n) is 3.11. The van der Waals surface area contributed by atoms with E-state index in [0.717, 1.165) is 16.5 Å². The van der Waals surface area contributed by atoms with Crippen LogP contribution in [0.1, 0.15) is 5.56 Å². The number of hydrogen-bond acceptors (Lipinski definition) is 4. The van der Waals surface area contributed by atoms with Crippen molar-refractivity contribution >= 4 is 29.3 Å². The third-order valence-corrected chi connectivity index (χ3v) is 4.26. The fraction of sp³-hybridized carbons (Fsp3) is 0.176.